The second-order valence-electron chi connectivity index (χ2n) is 8.20. The molecule has 2 aromatic carbocycles. The van der Waals surface area contributed by atoms with Crippen LogP contribution in [0.25, 0.3) is 10.9 Å². The first-order valence-electron chi connectivity index (χ1n) is 11.4. The lowest BCUT2D eigenvalue weighted by molar-refractivity contribution is -0.119. The number of ether oxygens (including phenoxy) is 2. The van der Waals surface area contributed by atoms with Gasteiger partial charge in [0.05, 0.1) is 27.3 Å². The van der Waals surface area contributed by atoms with Gasteiger partial charge in [0.15, 0.2) is 18.1 Å². The van der Waals surface area contributed by atoms with Crippen LogP contribution in [0.15, 0.2) is 46.3 Å². The van der Waals surface area contributed by atoms with Gasteiger partial charge >= 0.3 is 0 Å². The lowest BCUT2D eigenvalue weighted by Crippen LogP contribution is -2.25. The number of aromatic nitrogens is 2. The molecule has 0 saturated heterocycles. The number of nitrogens with two attached hydrogens (primary N) is 1. The van der Waals surface area contributed by atoms with E-state index in [-0.39, 0.29) is 18.1 Å². The van der Waals surface area contributed by atoms with E-state index in [1.807, 2.05) is 31.2 Å². The molecule has 4 rings (SSSR count). The molecular weight excluding hydrogens is 547 g/mol. The monoisotopic (exact) mass is 574 g/mol. The Hall–Kier alpha value is -2.95. The predicted molar refractivity (Wildman–Crippen MR) is 140 cm³/mol. The average Bonchev–Trinajstić information content (AvgIpc) is 2.83. The van der Waals surface area contributed by atoms with Crippen LogP contribution in [0.2, 0.25) is 0 Å². The minimum Gasteiger partial charge on any atom is -0.490 e. The SMILES string of the molecule is CCOc1cc(C=Nn2c(C3CCCCC3)nc3ccccc3c2=O)cc(I)c1OCC(N)=O. The summed E-state index contributed by atoms with van der Waals surface area (Å²) in [5.41, 5.74) is 6.47. The summed E-state index contributed by atoms with van der Waals surface area (Å²) in [6.45, 7) is 2.04. The van der Waals surface area contributed by atoms with E-state index in [0.717, 1.165) is 34.8 Å². The molecule has 2 N–H and O–H groups in total. The van der Waals surface area contributed by atoms with E-state index >= 15 is 0 Å². The number of hydrogen-bond donors (Lipinski definition) is 1. The molecule has 1 aromatic heterocycles. The number of hydrogen-bond acceptors (Lipinski definition) is 6. The zero-order valence-corrected chi connectivity index (χ0v) is 21.2. The summed E-state index contributed by atoms with van der Waals surface area (Å²) >= 11 is 2.11. The topological polar surface area (TPSA) is 109 Å². The number of para-hydroxylation sites is 1. The van der Waals surface area contributed by atoms with Crippen molar-refractivity contribution < 1.29 is 14.3 Å². The predicted octanol–water partition coefficient (Wildman–Crippen LogP) is 4.19. The van der Waals surface area contributed by atoms with Crippen LogP contribution in [0.4, 0.5) is 0 Å². The van der Waals surface area contributed by atoms with E-state index < -0.39 is 5.91 Å². The molecule has 0 unspecified atom stereocenters. The zero-order chi connectivity index (χ0) is 24.1. The van der Waals surface area contributed by atoms with Crippen molar-refractivity contribution in [3.8, 4) is 11.5 Å². The van der Waals surface area contributed by atoms with Crippen LogP contribution in [0.5, 0.6) is 11.5 Å². The summed E-state index contributed by atoms with van der Waals surface area (Å²) in [4.78, 5) is 29.4. The van der Waals surface area contributed by atoms with Crippen molar-refractivity contribution in [1.29, 1.82) is 0 Å². The Bertz CT molecular complexity index is 1280. The first-order chi connectivity index (χ1) is 16.5. The zero-order valence-electron chi connectivity index (χ0n) is 19.0. The Morgan fingerprint density at radius 1 is 1.24 bits per heavy atom. The van der Waals surface area contributed by atoms with E-state index in [0.29, 0.717) is 34.8 Å². The van der Waals surface area contributed by atoms with Gasteiger partial charge in [-0.1, -0.05) is 31.4 Å². The Labute approximate surface area is 211 Å². The first kappa shape index (κ1) is 24.2. The van der Waals surface area contributed by atoms with E-state index in [1.165, 1.54) is 11.1 Å². The highest BCUT2D eigenvalue weighted by Crippen LogP contribution is 2.34. The van der Waals surface area contributed by atoms with Crippen LogP contribution in [0.1, 0.15) is 56.3 Å². The molecule has 0 bridgehead atoms. The van der Waals surface area contributed by atoms with Gasteiger partial charge in [-0.25, -0.2) is 4.98 Å². The Balaban J connectivity index is 1.76. The number of fused-ring (bicyclic) bond motifs is 1. The van der Waals surface area contributed by atoms with Crippen LogP contribution in [0.3, 0.4) is 0 Å². The number of carbonyl (C=O) groups excluding carboxylic acids is 1. The number of carbonyl (C=O) groups is 1. The molecule has 1 saturated carbocycles. The molecule has 0 atom stereocenters. The van der Waals surface area contributed by atoms with Gasteiger partial charge in [-0.15, -0.1) is 0 Å². The summed E-state index contributed by atoms with van der Waals surface area (Å²) in [7, 11) is 0. The minimum absolute atomic E-state index is 0.177. The Morgan fingerprint density at radius 2 is 2.00 bits per heavy atom. The number of amides is 1. The number of primary amides is 1. The van der Waals surface area contributed by atoms with Crippen molar-refractivity contribution in [3.63, 3.8) is 0 Å². The molecule has 8 nitrogen and oxygen atoms in total. The minimum atomic E-state index is -0.567. The summed E-state index contributed by atoms with van der Waals surface area (Å²) in [5.74, 6) is 1.27. The molecule has 0 aliphatic heterocycles. The number of halogens is 1. The fourth-order valence-electron chi connectivity index (χ4n) is 4.21. The third-order valence-electron chi connectivity index (χ3n) is 5.76. The van der Waals surface area contributed by atoms with Crippen molar-refractivity contribution in [2.75, 3.05) is 13.2 Å². The van der Waals surface area contributed by atoms with Crippen molar-refractivity contribution in [1.82, 2.24) is 9.66 Å². The highest BCUT2D eigenvalue weighted by atomic mass is 127. The summed E-state index contributed by atoms with van der Waals surface area (Å²) in [6, 6.07) is 11.0. The van der Waals surface area contributed by atoms with Gasteiger partial charge in [-0.2, -0.15) is 9.78 Å². The highest BCUT2D eigenvalue weighted by Gasteiger charge is 2.22. The maximum atomic E-state index is 13.4. The number of nitrogens with zero attached hydrogens (tertiary/aromatic N) is 3. The van der Waals surface area contributed by atoms with Gasteiger partial charge in [-0.3, -0.25) is 9.59 Å². The number of benzene rings is 2. The smallest absolute Gasteiger partial charge is 0.282 e. The van der Waals surface area contributed by atoms with Gasteiger partial charge in [0.2, 0.25) is 0 Å². The molecule has 3 aromatic rings. The Morgan fingerprint density at radius 3 is 2.74 bits per heavy atom. The lowest BCUT2D eigenvalue weighted by Gasteiger charge is -2.22. The first-order valence-corrected chi connectivity index (χ1v) is 12.5. The molecule has 1 aliphatic carbocycles. The fraction of sp³-hybridized carbons (Fsp3) is 0.360. The quantitative estimate of drug-likeness (QED) is 0.321. The molecule has 9 heteroatoms. The van der Waals surface area contributed by atoms with Gasteiger partial charge in [0, 0.05) is 5.92 Å². The van der Waals surface area contributed by atoms with Crippen LogP contribution < -0.4 is 20.8 Å². The highest BCUT2D eigenvalue weighted by molar-refractivity contribution is 14.1. The molecule has 1 amide bonds. The van der Waals surface area contributed by atoms with Crippen LogP contribution >= 0.6 is 22.6 Å². The molecule has 178 valence electrons. The van der Waals surface area contributed by atoms with Crippen LogP contribution in [0, 0.1) is 3.57 Å². The normalized spacial score (nSPS) is 14.5. The molecule has 1 heterocycles. The molecule has 0 radical (unpaired) electrons. The molecule has 34 heavy (non-hydrogen) atoms. The molecule has 0 spiro atoms. The third kappa shape index (κ3) is 5.40. The van der Waals surface area contributed by atoms with Crippen molar-refractivity contribution in [2.24, 2.45) is 10.8 Å². The lowest BCUT2D eigenvalue weighted by atomic mass is 9.88. The second-order valence-corrected chi connectivity index (χ2v) is 9.36. The fourth-order valence-corrected chi connectivity index (χ4v) is 4.99. The summed E-state index contributed by atoms with van der Waals surface area (Å²) < 4.78 is 13.5. The average molecular weight is 574 g/mol. The largest absolute Gasteiger partial charge is 0.490 e. The molecule has 1 fully saturated rings. The number of rotatable bonds is 8. The third-order valence-corrected chi connectivity index (χ3v) is 6.56. The van der Waals surface area contributed by atoms with Gasteiger partial charge in [0.1, 0.15) is 5.82 Å². The summed E-state index contributed by atoms with van der Waals surface area (Å²) in [6.07, 6.45) is 7.09. The van der Waals surface area contributed by atoms with Crippen molar-refractivity contribution in [2.45, 2.75) is 44.9 Å². The van der Waals surface area contributed by atoms with E-state index in [4.69, 9.17) is 20.2 Å². The van der Waals surface area contributed by atoms with E-state index in [2.05, 4.69) is 27.7 Å². The van der Waals surface area contributed by atoms with Crippen LogP contribution in [-0.2, 0) is 4.79 Å². The summed E-state index contributed by atoms with van der Waals surface area (Å²) in [5, 5.41) is 5.13. The Kier molecular flexibility index (Phi) is 7.81. The van der Waals surface area contributed by atoms with Gasteiger partial charge in [0.25, 0.3) is 11.5 Å². The van der Waals surface area contributed by atoms with E-state index in [9.17, 15) is 9.59 Å². The van der Waals surface area contributed by atoms with Crippen molar-refractivity contribution >= 4 is 45.6 Å². The second kappa shape index (κ2) is 11.0. The maximum absolute atomic E-state index is 13.4. The standard InChI is InChI=1S/C25H27IN4O4/c1-2-33-21-13-16(12-19(26)23(21)34-15-22(27)31)14-28-30-24(17-8-4-3-5-9-17)29-20-11-7-6-10-18(20)25(30)32/h6-7,10-14,17H,2-5,8-9,15H2,1H3,(H2,27,31). The van der Waals surface area contributed by atoms with Crippen LogP contribution in [-0.4, -0.2) is 35.0 Å². The van der Waals surface area contributed by atoms with E-state index in [1.54, 1.807) is 18.3 Å². The molecular formula is C25H27IN4O4. The van der Waals surface area contributed by atoms with Gasteiger partial charge in [-0.05, 0) is 72.2 Å². The van der Waals surface area contributed by atoms with Crippen molar-refractivity contribution in [3.05, 3.63) is 61.7 Å². The van der Waals surface area contributed by atoms with Gasteiger partial charge < -0.3 is 15.2 Å². The molecule has 1 aliphatic rings. The maximum Gasteiger partial charge on any atom is 0.282 e.